The second kappa shape index (κ2) is 7.79. The first-order chi connectivity index (χ1) is 15.0. The van der Waals surface area contributed by atoms with E-state index in [-0.39, 0.29) is 16.7 Å². The summed E-state index contributed by atoms with van der Waals surface area (Å²) in [5.74, 6) is 1.40. The summed E-state index contributed by atoms with van der Waals surface area (Å²) < 4.78 is 35.9. The first-order valence-corrected chi connectivity index (χ1v) is 11.5. The predicted octanol–water partition coefficient (Wildman–Crippen LogP) is 4.39. The Kier molecular flexibility index (Phi) is 4.95. The molecule has 5 rings (SSSR count). The Morgan fingerprint density at radius 1 is 1.03 bits per heavy atom. The van der Waals surface area contributed by atoms with E-state index in [1.165, 1.54) is 12.1 Å². The molecule has 0 aliphatic carbocycles. The number of aromatic nitrogens is 2. The lowest BCUT2D eigenvalue weighted by molar-refractivity contribution is 0.345. The number of fused-ring (bicyclic) bond motifs is 1. The summed E-state index contributed by atoms with van der Waals surface area (Å²) in [6.45, 7) is 2.86. The monoisotopic (exact) mass is 435 g/mol. The zero-order valence-electron chi connectivity index (χ0n) is 16.9. The topological polar surface area (TPSA) is 94.3 Å². The maximum Gasteiger partial charge on any atom is 0.339 e. The normalized spacial score (nSPS) is 16.6. The molecule has 1 aromatic heterocycles. The highest BCUT2D eigenvalue weighted by molar-refractivity contribution is 7.87. The summed E-state index contributed by atoms with van der Waals surface area (Å²) in [5, 5.41) is 9.23. The van der Waals surface area contributed by atoms with E-state index in [4.69, 9.17) is 8.71 Å². The van der Waals surface area contributed by atoms with Crippen LogP contribution in [0, 0.1) is 6.92 Å². The van der Waals surface area contributed by atoms with Gasteiger partial charge >= 0.3 is 10.1 Å². The molecule has 2 heterocycles. The van der Waals surface area contributed by atoms with Gasteiger partial charge in [0.1, 0.15) is 10.6 Å². The van der Waals surface area contributed by atoms with Crippen molar-refractivity contribution >= 4 is 20.9 Å². The van der Waals surface area contributed by atoms with Crippen molar-refractivity contribution in [3.63, 3.8) is 0 Å². The molecule has 0 spiro atoms. The van der Waals surface area contributed by atoms with Gasteiger partial charge in [0, 0.05) is 5.56 Å². The van der Waals surface area contributed by atoms with E-state index in [0.717, 1.165) is 41.3 Å². The molecule has 31 heavy (non-hydrogen) atoms. The van der Waals surface area contributed by atoms with Gasteiger partial charge in [0.05, 0.1) is 6.04 Å². The summed E-state index contributed by atoms with van der Waals surface area (Å²) in [7, 11) is -3.89. The molecule has 0 bridgehead atoms. The molecule has 8 heteroatoms. The quantitative estimate of drug-likeness (QED) is 0.465. The van der Waals surface area contributed by atoms with Crippen LogP contribution in [0.15, 0.2) is 70.1 Å². The van der Waals surface area contributed by atoms with Crippen LogP contribution in [0.25, 0.3) is 22.2 Å². The highest BCUT2D eigenvalue weighted by Gasteiger charge is 2.23. The summed E-state index contributed by atoms with van der Waals surface area (Å²) in [6, 6.07) is 17.6. The Morgan fingerprint density at radius 2 is 1.81 bits per heavy atom. The minimum absolute atomic E-state index is 0.122. The van der Waals surface area contributed by atoms with Crippen molar-refractivity contribution in [2.75, 3.05) is 6.54 Å². The molecule has 1 saturated heterocycles. The largest absolute Gasteiger partial charge is 0.379 e. The highest BCUT2D eigenvalue weighted by Crippen LogP contribution is 2.29. The highest BCUT2D eigenvalue weighted by atomic mass is 32.2. The van der Waals surface area contributed by atoms with Crippen LogP contribution >= 0.6 is 0 Å². The Morgan fingerprint density at radius 3 is 2.58 bits per heavy atom. The fourth-order valence-corrected chi connectivity index (χ4v) is 4.61. The summed E-state index contributed by atoms with van der Waals surface area (Å²) >= 11 is 0. The summed E-state index contributed by atoms with van der Waals surface area (Å²) in [5.41, 5.74) is 1.81. The number of benzene rings is 3. The van der Waals surface area contributed by atoms with E-state index in [9.17, 15) is 8.42 Å². The van der Waals surface area contributed by atoms with E-state index < -0.39 is 10.1 Å². The molecule has 0 amide bonds. The van der Waals surface area contributed by atoms with Crippen molar-refractivity contribution in [2.24, 2.45) is 0 Å². The van der Waals surface area contributed by atoms with Crippen LogP contribution in [0.4, 0.5) is 0 Å². The fourth-order valence-electron chi connectivity index (χ4n) is 3.68. The van der Waals surface area contributed by atoms with Crippen LogP contribution < -0.4 is 9.50 Å². The van der Waals surface area contributed by atoms with Crippen LogP contribution in [0.3, 0.4) is 0 Å². The van der Waals surface area contributed by atoms with Crippen LogP contribution in [0.5, 0.6) is 5.75 Å². The van der Waals surface area contributed by atoms with Crippen LogP contribution in [0.2, 0.25) is 0 Å². The third-order valence-corrected chi connectivity index (χ3v) is 6.65. The number of rotatable bonds is 5. The summed E-state index contributed by atoms with van der Waals surface area (Å²) in [6.07, 6.45) is 2.09. The lowest BCUT2D eigenvalue weighted by atomic mass is 10.1. The standard InChI is InChI=1S/C23H21N3O4S/c1-15-4-10-20(11-5-15)31(27,28)30-19-9-8-16-13-18(7-6-17(16)14-19)22-25-23(29-26-22)21-3-2-12-24-21/h4-11,13-14,21,24H,2-3,12H2,1H3/t21-/m0/s1. The lowest BCUT2D eigenvalue weighted by Gasteiger charge is -2.08. The third-order valence-electron chi connectivity index (χ3n) is 5.39. The smallest absolute Gasteiger partial charge is 0.339 e. The molecule has 7 nitrogen and oxygen atoms in total. The molecule has 3 aromatic carbocycles. The van der Waals surface area contributed by atoms with Gasteiger partial charge in [-0.1, -0.05) is 41.1 Å². The number of nitrogens with zero attached hydrogens (tertiary/aromatic N) is 2. The minimum Gasteiger partial charge on any atom is -0.379 e. The van der Waals surface area contributed by atoms with Crippen molar-refractivity contribution in [2.45, 2.75) is 30.7 Å². The van der Waals surface area contributed by atoms with E-state index in [2.05, 4.69) is 15.5 Å². The molecule has 1 atom stereocenters. The van der Waals surface area contributed by atoms with Crippen molar-refractivity contribution in [1.29, 1.82) is 0 Å². The predicted molar refractivity (Wildman–Crippen MR) is 116 cm³/mol. The fraction of sp³-hybridized carbons (Fsp3) is 0.217. The van der Waals surface area contributed by atoms with Gasteiger partial charge < -0.3 is 14.0 Å². The Hall–Kier alpha value is -3.23. The van der Waals surface area contributed by atoms with Gasteiger partial charge in [-0.15, -0.1) is 0 Å². The first-order valence-electron chi connectivity index (χ1n) is 10.1. The molecule has 0 saturated carbocycles. The van der Waals surface area contributed by atoms with Gasteiger partial charge in [-0.3, -0.25) is 0 Å². The second-order valence-electron chi connectivity index (χ2n) is 7.68. The Bertz CT molecular complexity index is 1340. The lowest BCUT2D eigenvalue weighted by Crippen LogP contribution is -2.12. The third kappa shape index (κ3) is 4.04. The van der Waals surface area contributed by atoms with Crippen LogP contribution in [0.1, 0.15) is 30.3 Å². The minimum atomic E-state index is -3.89. The van der Waals surface area contributed by atoms with Crippen molar-refractivity contribution < 1.29 is 17.1 Å². The van der Waals surface area contributed by atoms with Gasteiger partial charge in [-0.2, -0.15) is 13.4 Å². The van der Waals surface area contributed by atoms with Crippen LogP contribution in [-0.4, -0.2) is 25.1 Å². The molecule has 0 unspecified atom stereocenters. The van der Waals surface area contributed by atoms with Gasteiger partial charge in [-0.25, -0.2) is 0 Å². The van der Waals surface area contributed by atoms with Gasteiger partial charge in [0.2, 0.25) is 11.7 Å². The molecule has 1 aliphatic rings. The molecule has 158 valence electrons. The summed E-state index contributed by atoms with van der Waals surface area (Å²) in [4.78, 5) is 4.65. The van der Waals surface area contributed by atoms with Crippen LogP contribution in [-0.2, 0) is 10.1 Å². The van der Waals surface area contributed by atoms with E-state index >= 15 is 0 Å². The number of aryl methyl sites for hydroxylation is 1. The van der Waals surface area contributed by atoms with Gasteiger partial charge in [-0.05, 0) is 67.4 Å². The van der Waals surface area contributed by atoms with Crippen molar-refractivity contribution in [3.05, 3.63) is 72.1 Å². The molecular weight excluding hydrogens is 414 g/mol. The Labute approximate surface area is 180 Å². The molecule has 1 fully saturated rings. The maximum absolute atomic E-state index is 12.5. The van der Waals surface area contributed by atoms with Crippen molar-refractivity contribution in [3.8, 4) is 17.1 Å². The molecule has 1 N–H and O–H groups in total. The average Bonchev–Trinajstić information content (AvgIpc) is 3.45. The molecule has 1 aliphatic heterocycles. The van der Waals surface area contributed by atoms with Gasteiger partial charge in [0.25, 0.3) is 0 Å². The van der Waals surface area contributed by atoms with E-state index in [1.54, 1.807) is 24.3 Å². The molecule has 4 aromatic rings. The molecule has 0 radical (unpaired) electrons. The van der Waals surface area contributed by atoms with E-state index in [0.29, 0.717) is 11.7 Å². The van der Waals surface area contributed by atoms with E-state index in [1.807, 2.05) is 31.2 Å². The zero-order chi connectivity index (χ0) is 21.4. The zero-order valence-corrected chi connectivity index (χ0v) is 17.7. The van der Waals surface area contributed by atoms with Gasteiger partial charge in [0.15, 0.2) is 0 Å². The average molecular weight is 436 g/mol. The first kappa shape index (κ1) is 19.7. The number of hydrogen-bond acceptors (Lipinski definition) is 7. The molecular formula is C23H21N3O4S. The number of nitrogens with one attached hydrogen (secondary N) is 1. The maximum atomic E-state index is 12.5. The SMILES string of the molecule is Cc1ccc(S(=O)(=O)Oc2ccc3cc(-c4noc([C@@H]5CCCN5)n4)ccc3c2)cc1. The van der Waals surface area contributed by atoms with Crippen molar-refractivity contribution in [1.82, 2.24) is 15.5 Å². The second-order valence-corrected chi connectivity index (χ2v) is 9.23. The number of hydrogen-bond donors (Lipinski definition) is 1. The Balaban J connectivity index is 1.39.